The van der Waals surface area contributed by atoms with E-state index in [0.29, 0.717) is 0 Å². The summed E-state index contributed by atoms with van der Waals surface area (Å²) in [6, 6.07) is 0.255. The normalized spacial score (nSPS) is 14.2. The lowest BCUT2D eigenvalue weighted by Gasteiger charge is -2.31. The van der Waals surface area contributed by atoms with Gasteiger partial charge in [-0.1, -0.05) is 20.8 Å². The first-order valence-corrected chi connectivity index (χ1v) is 5.74. The maximum atomic E-state index is 11.9. The number of rotatable bonds is 4. The van der Waals surface area contributed by atoms with Gasteiger partial charge in [0.25, 0.3) is 0 Å². The monoisotopic (exact) mass is 255 g/mol. The fourth-order valence-electron chi connectivity index (χ4n) is 1.34. The minimum absolute atomic E-state index is 0.206. The van der Waals surface area contributed by atoms with Gasteiger partial charge in [0.2, 0.25) is 0 Å². The molecule has 0 aliphatic heterocycles. The first kappa shape index (κ1) is 16.2. The van der Waals surface area contributed by atoms with Gasteiger partial charge in [0.15, 0.2) is 0 Å². The maximum absolute atomic E-state index is 11.9. The number of nitriles is 1. The Balaban J connectivity index is 4.72. The summed E-state index contributed by atoms with van der Waals surface area (Å²) in [6.45, 7) is 6.95. The molecular formula is C12H21N3O3. The Kier molecular flexibility index (Phi) is 5.63. The Morgan fingerprint density at radius 1 is 1.44 bits per heavy atom. The van der Waals surface area contributed by atoms with Gasteiger partial charge in [-0.2, -0.15) is 5.26 Å². The molecule has 102 valence electrons. The van der Waals surface area contributed by atoms with Crippen molar-refractivity contribution in [2.75, 3.05) is 7.05 Å². The molecule has 0 saturated carbocycles. The van der Waals surface area contributed by atoms with E-state index in [9.17, 15) is 9.59 Å². The van der Waals surface area contributed by atoms with Crippen molar-refractivity contribution in [3.63, 3.8) is 0 Å². The Morgan fingerprint density at radius 3 is 2.28 bits per heavy atom. The van der Waals surface area contributed by atoms with Gasteiger partial charge >= 0.3 is 12.0 Å². The zero-order valence-corrected chi connectivity index (χ0v) is 11.5. The third-order valence-corrected chi connectivity index (χ3v) is 2.75. The third-order valence-electron chi connectivity index (χ3n) is 2.75. The Morgan fingerprint density at radius 2 is 1.94 bits per heavy atom. The molecule has 2 atom stereocenters. The molecule has 0 radical (unpaired) electrons. The van der Waals surface area contributed by atoms with Crippen LogP contribution in [-0.4, -0.2) is 41.1 Å². The van der Waals surface area contributed by atoms with Gasteiger partial charge in [0, 0.05) is 13.1 Å². The summed E-state index contributed by atoms with van der Waals surface area (Å²) < 4.78 is 0. The lowest BCUT2D eigenvalue weighted by Crippen LogP contribution is -2.53. The maximum Gasteiger partial charge on any atom is 0.326 e. The fourth-order valence-corrected chi connectivity index (χ4v) is 1.34. The molecule has 0 aromatic carbocycles. The zero-order valence-electron chi connectivity index (χ0n) is 11.5. The van der Waals surface area contributed by atoms with E-state index in [0.717, 1.165) is 0 Å². The molecule has 0 aromatic rings. The first-order valence-electron chi connectivity index (χ1n) is 5.74. The summed E-state index contributed by atoms with van der Waals surface area (Å²) in [6.07, 6.45) is 0.206. The van der Waals surface area contributed by atoms with Crippen LogP contribution in [-0.2, 0) is 4.79 Å². The van der Waals surface area contributed by atoms with Crippen molar-refractivity contribution in [2.24, 2.45) is 5.41 Å². The van der Waals surface area contributed by atoms with E-state index in [1.54, 1.807) is 34.7 Å². The minimum Gasteiger partial charge on any atom is -0.480 e. The summed E-state index contributed by atoms with van der Waals surface area (Å²) in [5.74, 6) is -1.07. The molecule has 2 N–H and O–H groups in total. The smallest absolute Gasteiger partial charge is 0.326 e. The number of hydrogen-bond donors (Lipinski definition) is 2. The number of carbonyl (C=O) groups excluding carboxylic acids is 1. The van der Waals surface area contributed by atoms with Crippen molar-refractivity contribution in [2.45, 2.75) is 46.2 Å². The van der Waals surface area contributed by atoms with Crippen LogP contribution in [0.3, 0.4) is 0 Å². The molecule has 0 aliphatic rings. The summed E-state index contributed by atoms with van der Waals surface area (Å²) in [7, 11) is 1.54. The first-order chi connectivity index (χ1) is 8.11. The highest BCUT2D eigenvalue weighted by atomic mass is 16.4. The second-order valence-corrected chi connectivity index (χ2v) is 5.41. The van der Waals surface area contributed by atoms with Crippen LogP contribution in [0.15, 0.2) is 0 Å². The molecule has 0 heterocycles. The second-order valence-electron chi connectivity index (χ2n) is 5.41. The van der Waals surface area contributed by atoms with Crippen LogP contribution >= 0.6 is 0 Å². The second kappa shape index (κ2) is 6.24. The highest BCUT2D eigenvalue weighted by Crippen LogP contribution is 2.19. The van der Waals surface area contributed by atoms with Crippen LogP contribution in [0.5, 0.6) is 0 Å². The van der Waals surface area contributed by atoms with Crippen LogP contribution in [0, 0.1) is 16.7 Å². The predicted molar refractivity (Wildman–Crippen MR) is 66.9 cm³/mol. The zero-order chi connectivity index (χ0) is 14.5. The lowest BCUT2D eigenvalue weighted by atomic mass is 9.87. The Hall–Kier alpha value is -1.77. The van der Waals surface area contributed by atoms with Crippen LogP contribution in [0.2, 0.25) is 0 Å². The van der Waals surface area contributed by atoms with Gasteiger partial charge in [-0.25, -0.2) is 9.59 Å². The summed E-state index contributed by atoms with van der Waals surface area (Å²) in [5, 5.41) is 20.1. The SMILES string of the molecule is CC(CC#N)N(C)C(=O)N[C@@H](C(=O)O)C(C)(C)C. The number of urea groups is 1. The lowest BCUT2D eigenvalue weighted by molar-refractivity contribution is -0.142. The number of hydrogen-bond acceptors (Lipinski definition) is 3. The average molecular weight is 255 g/mol. The Labute approximate surface area is 108 Å². The molecular weight excluding hydrogens is 234 g/mol. The number of nitrogens with one attached hydrogen (secondary N) is 1. The van der Waals surface area contributed by atoms with Gasteiger partial charge in [-0.05, 0) is 12.3 Å². The molecule has 0 bridgehead atoms. The predicted octanol–water partition coefficient (Wildman–Crippen LogP) is 1.43. The molecule has 1 unspecified atom stereocenters. The number of aliphatic carboxylic acids is 1. The van der Waals surface area contributed by atoms with E-state index in [-0.39, 0.29) is 12.5 Å². The molecule has 0 fully saturated rings. The van der Waals surface area contributed by atoms with Gasteiger partial charge < -0.3 is 15.3 Å². The fraction of sp³-hybridized carbons (Fsp3) is 0.750. The van der Waals surface area contributed by atoms with Crippen LogP contribution in [0.4, 0.5) is 4.79 Å². The molecule has 0 aliphatic carbocycles. The summed E-state index contributed by atoms with van der Waals surface area (Å²) >= 11 is 0. The minimum atomic E-state index is -1.07. The highest BCUT2D eigenvalue weighted by Gasteiger charge is 2.33. The average Bonchev–Trinajstić information content (AvgIpc) is 2.22. The quantitative estimate of drug-likeness (QED) is 0.794. The van der Waals surface area contributed by atoms with Crippen LogP contribution in [0.1, 0.15) is 34.1 Å². The summed E-state index contributed by atoms with van der Waals surface area (Å²) in [4.78, 5) is 24.3. The standard InChI is InChI=1S/C12H21N3O3/c1-8(6-7-13)15(5)11(18)14-9(10(16)17)12(2,3)4/h8-9H,6H2,1-5H3,(H,14,18)(H,16,17)/t8?,9-/m0/s1. The van der Waals surface area contributed by atoms with Gasteiger partial charge in [0.1, 0.15) is 6.04 Å². The van der Waals surface area contributed by atoms with E-state index in [1.165, 1.54) is 4.90 Å². The molecule has 0 aromatic heterocycles. The van der Waals surface area contributed by atoms with E-state index >= 15 is 0 Å². The number of carboxylic acid groups (broad SMARTS) is 1. The topological polar surface area (TPSA) is 93.4 Å². The van der Waals surface area contributed by atoms with E-state index < -0.39 is 23.5 Å². The van der Waals surface area contributed by atoms with Crippen molar-refractivity contribution >= 4 is 12.0 Å². The Bertz CT molecular complexity index is 355. The van der Waals surface area contributed by atoms with Crippen LogP contribution < -0.4 is 5.32 Å². The molecule has 6 nitrogen and oxygen atoms in total. The van der Waals surface area contributed by atoms with E-state index in [1.807, 2.05) is 6.07 Å². The molecule has 0 spiro atoms. The molecule has 0 saturated heterocycles. The van der Waals surface area contributed by atoms with Gasteiger partial charge in [-0.3, -0.25) is 0 Å². The molecule has 6 heteroatoms. The van der Waals surface area contributed by atoms with Crippen molar-refractivity contribution in [3.05, 3.63) is 0 Å². The van der Waals surface area contributed by atoms with Gasteiger partial charge in [-0.15, -0.1) is 0 Å². The molecule has 0 rings (SSSR count). The molecule has 18 heavy (non-hydrogen) atoms. The van der Waals surface area contributed by atoms with E-state index in [4.69, 9.17) is 10.4 Å². The van der Waals surface area contributed by atoms with Crippen molar-refractivity contribution in [3.8, 4) is 6.07 Å². The van der Waals surface area contributed by atoms with Crippen molar-refractivity contribution in [1.29, 1.82) is 5.26 Å². The van der Waals surface area contributed by atoms with Gasteiger partial charge in [0.05, 0.1) is 12.5 Å². The third kappa shape index (κ3) is 4.62. The summed E-state index contributed by atoms with van der Waals surface area (Å²) in [5.41, 5.74) is -0.583. The number of carbonyl (C=O) groups is 2. The number of amides is 2. The largest absolute Gasteiger partial charge is 0.480 e. The number of nitrogens with zero attached hydrogens (tertiary/aromatic N) is 2. The highest BCUT2D eigenvalue weighted by molar-refractivity contribution is 5.83. The van der Waals surface area contributed by atoms with Crippen LogP contribution in [0.25, 0.3) is 0 Å². The number of carboxylic acids is 1. The molecule has 2 amide bonds. The van der Waals surface area contributed by atoms with Crippen molar-refractivity contribution in [1.82, 2.24) is 10.2 Å². The van der Waals surface area contributed by atoms with Crippen molar-refractivity contribution < 1.29 is 14.7 Å². The van der Waals surface area contributed by atoms with E-state index in [2.05, 4.69) is 5.32 Å².